The summed E-state index contributed by atoms with van der Waals surface area (Å²) in [6, 6.07) is 26.2. The molecular formula is C28H30NO3+. The van der Waals surface area contributed by atoms with E-state index in [4.69, 9.17) is 9.47 Å². The van der Waals surface area contributed by atoms with Crippen LogP contribution in [0.2, 0.25) is 0 Å². The summed E-state index contributed by atoms with van der Waals surface area (Å²) in [6.45, 7) is 2.09. The highest BCUT2D eigenvalue weighted by atomic mass is 16.5. The second-order valence-corrected chi connectivity index (χ2v) is 8.40. The summed E-state index contributed by atoms with van der Waals surface area (Å²) in [5.41, 5.74) is 2.08. The summed E-state index contributed by atoms with van der Waals surface area (Å²) in [6.07, 6.45) is 0.549. The maximum Gasteiger partial charge on any atom is 0.140 e. The summed E-state index contributed by atoms with van der Waals surface area (Å²) in [5.74, 6) is 8.03. The van der Waals surface area contributed by atoms with Crippen LogP contribution in [0.15, 0.2) is 78.9 Å². The zero-order valence-corrected chi connectivity index (χ0v) is 18.8. The maximum atomic E-state index is 11.8. The first-order valence-corrected chi connectivity index (χ1v) is 11.0. The lowest BCUT2D eigenvalue weighted by molar-refractivity contribution is -0.755. The predicted molar refractivity (Wildman–Crippen MR) is 125 cm³/mol. The Labute approximate surface area is 190 Å². The zero-order valence-electron chi connectivity index (χ0n) is 18.8. The fourth-order valence-corrected chi connectivity index (χ4v) is 4.48. The average Bonchev–Trinajstić information content (AvgIpc) is 2.85. The van der Waals surface area contributed by atoms with Gasteiger partial charge in [-0.3, -0.25) is 0 Å². The number of ether oxygens (including phenoxy) is 2. The lowest BCUT2D eigenvalue weighted by atomic mass is 9.72. The van der Waals surface area contributed by atoms with E-state index in [9.17, 15) is 5.11 Å². The van der Waals surface area contributed by atoms with E-state index in [0.29, 0.717) is 6.42 Å². The fraction of sp³-hybridized carbons (Fsp3) is 0.286. The quantitative estimate of drug-likeness (QED) is 0.621. The zero-order chi connectivity index (χ0) is 22.6. The molecule has 4 rings (SSSR count). The Morgan fingerprint density at radius 1 is 0.844 bits per heavy atom. The van der Waals surface area contributed by atoms with Crippen LogP contribution in [0.1, 0.15) is 42.1 Å². The molecule has 1 aliphatic heterocycles. The summed E-state index contributed by atoms with van der Waals surface area (Å²) >= 11 is 0. The van der Waals surface area contributed by atoms with E-state index in [1.54, 1.807) is 14.2 Å². The molecule has 0 radical (unpaired) electrons. The molecule has 0 spiro atoms. The van der Waals surface area contributed by atoms with Gasteiger partial charge in [-0.05, 0) is 60.7 Å². The Balaban J connectivity index is 1.71. The molecule has 4 heteroatoms. The van der Waals surface area contributed by atoms with Crippen LogP contribution in [0.25, 0.3) is 0 Å². The minimum absolute atomic E-state index is 0.0526. The summed E-state index contributed by atoms with van der Waals surface area (Å²) in [4.78, 5) is 0. The first-order valence-electron chi connectivity index (χ1n) is 11.0. The summed E-state index contributed by atoms with van der Waals surface area (Å²) < 4.78 is 10.7. The molecule has 4 atom stereocenters. The Kier molecular flexibility index (Phi) is 6.50. The van der Waals surface area contributed by atoms with E-state index >= 15 is 0 Å². The molecule has 4 unspecified atom stereocenters. The van der Waals surface area contributed by atoms with Crippen molar-refractivity contribution < 1.29 is 19.9 Å². The van der Waals surface area contributed by atoms with Crippen LogP contribution in [0.3, 0.4) is 0 Å². The Bertz CT molecular complexity index is 1080. The van der Waals surface area contributed by atoms with Gasteiger partial charge in [0.25, 0.3) is 0 Å². The number of quaternary nitrogens is 1. The number of piperidine rings is 1. The molecule has 4 nitrogen and oxygen atoms in total. The molecule has 0 aliphatic carbocycles. The molecule has 0 aromatic heterocycles. The first-order chi connectivity index (χ1) is 15.5. The van der Waals surface area contributed by atoms with E-state index in [1.807, 2.05) is 54.6 Å². The van der Waals surface area contributed by atoms with Gasteiger partial charge in [0.05, 0.1) is 20.1 Å². The third kappa shape index (κ3) is 4.65. The number of hydrogen-bond acceptors (Lipinski definition) is 3. The number of rotatable bonds is 4. The number of benzene rings is 3. The SMILES string of the molecule is COc1ccc(C2CC(O)(C#Cc3ccccc3)C(C)C(c3ccc(OC)cc3)[NH2+]2)cc1. The van der Waals surface area contributed by atoms with Crippen LogP contribution in [-0.2, 0) is 0 Å². The highest BCUT2D eigenvalue weighted by Crippen LogP contribution is 2.39. The van der Waals surface area contributed by atoms with Gasteiger partial charge in [0.15, 0.2) is 0 Å². The van der Waals surface area contributed by atoms with Gasteiger partial charge in [-0.1, -0.05) is 37.0 Å². The van der Waals surface area contributed by atoms with Gasteiger partial charge in [0.1, 0.15) is 29.2 Å². The predicted octanol–water partition coefficient (Wildman–Crippen LogP) is 3.87. The molecule has 3 aromatic carbocycles. The molecule has 3 N–H and O–H groups in total. The number of nitrogens with two attached hydrogens (primary N) is 1. The van der Waals surface area contributed by atoms with Crippen LogP contribution >= 0.6 is 0 Å². The lowest BCUT2D eigenvalue weighted by Crippen LogP contribution is -2.91. The average molecular weight is 429 g/mol. The van der Waals surface area contributed by atoms with Crippen molar-refractivity contribution in [3.8, 4) is 23.3 Å². The highest BCUT2D eigenvalue weighted by Gasteiger charge is 2.48. The second-order valence-electron chi connectivity index (χ2n) is 8.40. The summed E-state index contributed by atoms with van der Waals surface area (Å²) in [5, 5.41) is 14.2. The molecule has 1 heterocycles. The molecule has 0 bridgehead atoms. The van der Waals surface area contributed by atoms with Crippen LogP contribution in [0.4, 0.5) is 0 Å². The topological polar surface area (TPSA) is 55.3 Å². The van der Waals surface area contributed by atoms with Gasteiger partial charge in [0, 0.05) is 23.1 Å². The van der Waals surface area contributed by atoms with E-state index in [2.05, 4.69) is 48.3 Å². The second kappa shape index (κ2) is 9.48. The third-order valence-electron chi connectivity index (χ3n) is 6.50. The van der Waals surface area contributed by atoms with Crippen LogP contribution in [0, 0.1) is 17.8 Å². The van der Waals surface area contributed by atoms with Gasteiger partial charge < -0.3 is 19.9 Å². The van der Waals surface area contributed by atoms with Crippen molar-refractivity contribution in [3.05, 3.63) is 95.6 Å². The Morgan fingerprint density at radius 2 is 1.41 bits per heavy atom. The molecule has 32 heavy (non-hydrogen) atoms. The standard InChI is InChI=1S/C28H29NO3/c1-20-27(23-11-15-25(32-3)16-12-23)29-26(22-9-13-24(31-2)14-10-22)19-28(20,30)18-17-21-7-5-4-6-8-21/h4-16,20,26-27,29-30H,19H2,1-3H3/p+1. The van der Waals surface area contributed by atoms with Gasteiger partial charge >= 0.3 is 0 Å². The van der Waals surface area contributed by atoms with Crippen molar-refractivity contribution >= 4 is 0 Å². The Hall–Kier alpha value is -3.26. The van der Waals surface area contributed by atoms with Gasteiger partial charge in [-0.15, -0.1) is 0 Å². The van der Waals surface area contributed by atoms with Crippen LogP contribution < -0.4 is 14.8 Å². The van der Waals surface area contributed by atoms with Crippen molar-refractivity contribution in [2.45, 2.75) is 31.0 Å². The first kappa shape index (κ1) is 22.0. The van der Waals surface area contributed by atoms with Gasteiger partial charge in [-0.25, -0.2) is 0 Å². The molecule has 1 fully saturated rings. The minimum Gasteiger partial charge on any atom is -0.497 e. The molecule has 0 saturated carbocycles. The van der Waals surface area contributed by atoms with Crippen molar-refractivity contribution in [3.63, 3.8) is 0 Å². The molecule has 1 saturated heterocycles. The molecule has 0 amide bonds. The summed E-state index contributed by atoms with van der Waals surface area (Å²) in [7, 11) is 3.34. The largest absolute Gasteiger partial charge is 0.497 e. The monoisotopic (exact) mass is 428 g/mol. The number of hydrogen-bond donors (Lipinski definition) is 2. The van der Waals surface area contributed by atoms with E-state index in [0.717, 1.165) is 28.2 Å². The Morgan fingerprint density at radius 3 is 1.97 bits per heavy atom. The maximum absolute atomic E-state index is 11.8. The van der Waals surface area contributed by atoms with Crippen LogP contribution in [-0.4, -0.2) is 24.9 Å². The van der Waals surface area contributed by atoms with E-state index in [1.165, 1.54) is 0 Å². The molecule has 3 aromatic rings. The normalized spacial score (nSPS) is 24.8. The highest BCUT2D eigenvalue weighted by molar-refractivity contribution is 5.38. The van der Waals surface area contributed by atoms with Crippen molar-refractivity contribution in [2.75, 3.05) is 14.2 Å². The van der Waals surface area contributed by atoms with Gasteiger partial charge in [-0.2, -0.15) is 0 Å². The van der Waals surface area contributed by atoms with Gasteiger partial charge in [0.2, 0.25) is 0 Å². The van der Waals surface area contributed by atoms with Crippen molar-refractivity contribution in [1.29, 1.82) is 0 Å². The van der Waals surface area contributed by atoms with E-state index in [-0.39, 0.29) is 18.0 Å². The molecular weight excluding hydrogens is 398 g/mol. The van der Waals surface area contributed by atoms with Crippen molar-refractivity contribution in [1.82, 2.24) is 0 Å². The van der Waals surface area contributed by atoms with Crippen molar-refractivity contribution in [2.24, 2.45) is 5.92 Å². The lowest BCUT2D eigenvalue weighted by Gasteiger charge is -2.42. The third-order valence-corrected chi connectivity index (χ3v) is 6.50. The van der Waals surface area contributed by atoms with Crippen LogP contribution in [0.5, 0.6) is 11.5 Å². The smallest absolute Gasteiger partial charge is 0.140 e. The number of aliphatic hydroxyl groups is 1. The van der Waals surface area contributed by atoms with E-state index < -0.39 is 5.60 Å². The number of methoxy groups -OCH3 is 2. The fourth-order valence-electron chi connectivity index (χ4n) is 4.48. The molecule has 164 valence electrons. The molecule has 1 aliphatic rings. The minimum atomic E-state index is -1.13.